The number of amides is 3. The van der Waals surface area contributed by atoms with Crippen LogP contribution in [-0.2, 0) is 22.3 Å². The van der Waals surface area contributed by atoms with Crippen molar-refractivity contribution in [3.8, 4) is 0 Å². The number of rotatable bonds is 6. The van der Waals surface area contributed by atoms with E-state index < -0.39 is 35.2 Å². The average molecular weight is 451 g/mol. The summed E-state index contributed by atoms with van der Waals surface area (Å²) in [6.45, 7) is 5.09. The molecule has 10 heteroatoms. The van der Waals surface area contributed by atoms with Crippen LogP contribution < -0.4 is 16.0 Å². The minimum absolute atomic E-state index is 0.0897. The van der Waals surface area contributed by atoms with Gasteiger partial charge in [0.1, 0.15) is 12.1 Å². The molecule has 0 unspecified atom stereocenters. The molecule has 2 rings (SSSR count). The number of benzene rings is 2. The fourth-order valence-electron chi connectivity index (χ4n) is 2.45. The summed E-state index contributed by atoms with van der Waals surface area (Å²) in [5.41, 5.74) is -0.224. The van der Waals surface area contributed by atoms with E-state index in [0.29, 0.717) is 5.69 Å². The van der Waals surface area contributed by atoms with Crippen molar-refractivity contribution in [1.82, 2.24) is 10.6 Å². The molecule has 0 saturated carbocycles. The molecule has 0 aliphatic rings. The smallest absolute Gasteiger partial charge is 0.416 e. The van der Waals surface area contributed by atoms with Gasteiger partial charge in [0.15, 0.2) is 0 Å². The zero-order chi connectivity index (χ0) is 23.9. The van der Waals surface area contributed by atoms with Crippen LogP contribution in [0.4, 0.5) is 23.7 Å². The largest absolute Gasteiger partial charge is 0.444 e. The Morgan fingerprint density at radius 3 is 2.00 bits per heavy atom. The number of nitrogens with one attached hydrogen (secondary N) is 3. The van der Waals surface area contributed by atoms with E-state index in [1.54, 1.807) is 45.0 Å². The van der Waals surface area contributed by atoms with Crippen LogP contribution in [0.25, 0.3) is 0 Å². The van der Waals surface area contributed by atoms with Crippen LogP contribution in [0.3, 0.4) is 0 Å². The van der Waals surface area contributed by atoms with Gasteiger partial charge in [-0.05, 0) is 62.7 Å². The van der Waals surface area contributed by atoms with Gasteiger partial charge in [0, 0.05) is 17.8 Å². The van der Waals surface area contributed by atoms with Gasteiger partial charge >= 0.3 is 12.3 Å². The summed E-state index contributed by atoms with van der Waals surface area (Å²) < 4.78 is 42.8. The van der Waals surface area contributed by atoms with E-state index in [2.05, 4.69) is 16.0 Å². The second-order valence-electron chi connectivity index (χ2n) is 7.86. The first-order valence-corrected chi connectivity index (χ1v) is 9.64. The summed E-state index contributed by atoms with van der Waals surface area (Å²) in [5, 5.41) is 7.57. The van der Waals surface area contributed by atoms with Gasteiger partial charge in [-0.25, -0.2) is 4.79 Å². The van der Waals surface area contributed by atoms with Crippen LogP contribution in [0.15, 0.2) is 48.5 Å². The molecular formula is C22H24F3N3O4. The first kappa shape index (κ1) is 24.7. The molecule has 0 saturated heterocycles. The Morgan fingerprint density at radius 1 is 0.875 bits per heavy atom. The fourth-order valence-corrected chi connectivity index (χ4v) is 2.45. The van der Waals surface area contributed by atoms with Crippen LogP contribution in [0.1, 0.15) is 42.3 Å². The molecule has 0 aromatic heterocycles. The Balaban J connectivity index is 1.81. The first-order valence-electron chi connectivity index (χ1n) is 9.64. The molecule has 0 fully saturated rings. The van der Waals surface area contributed by atoms with E-state index in [9.17, 15) is 27.6 Å². The normalized spacial score (nSPS) is 11.4. The summed E-state index contributed by atoms with van der Waals surface area (Å²) in [7, 11) is 0. The fraction of sp³-hybridized carbons (Fsp3) is 0.318. The van der Waals surface area contributed by atoms with E-state index in [1.807, 2.05) is 0 Å². The van der Waals surface area contributed by atoms with Gasteiger partial charge < -0.3 is 20.7 Å². The number of hydrogen-bond donors (Lipinski definition) is 3. The van der Waals surface area contributed by atoms with Crippen LogP contribution >= 0.6 is 0 Å². The number of alkyl halides is 3. The summed E-state index contributed by atoms with van der Waals surface area (Å²) in [5.74, 6) is -0.955. The number of alkyl carbamates (subject to hydrolysis) is 1. The van der Waals surface area contributed by atoms with E-state index in [-0.39, 0.29) is 18.7 Å². The lowest BCUT2D eigenvalue weighted by Crippen LogP contribution is -2.39. The molecule has 0 atom stereocenters. The van der Waals surface area contributed by atoms with Gasteiger partial charge in [-0.1, -0.05) is 12.1 Å². The lowest BCUT2D eigenvalue weighted by molar-refractivity contribution is -0.137. The van der Waals surface area contributed by atoms with E-state index in [1.165, 1.54) is 0 Å². The third-order valence-electron chi connectivity index (χ3n) is 3.97. The topological polar surface area (TPSA) is 96.5 Å². The maximum atomic E-state index is 12.6. The number of carbonyl (C=O) groups is 3. The summed E-state index contributed by atoms with van der Waals surface area (Å²) in [4.78, 5) is 35.6. The minimum atomic E-state index is -4.47. The van der Waals surface area contributed by atoms with Gasteiger partial charge in [-0.3, -0.25) is 9.59 Å². The monoisotopic (exact) mass is 451 g/mol. The number of hydrogen-bond acceptors (Lipinski definition) is 4. The lowest BCUT2D eigenvalue weighted by atomic mass is 10.1. The van der Waals surface area contributed by atoms with Crippen LogP contribution in [0, 0.1) is 0 Å². The Bertz CT molecular complexity index is 950. The molecule has 7 nitrogen and oxygen atoms in total. The van der Waals surface area contributed by atoms with E-state index in [0.717, 1.165) is 29.8 Å². The third-order valence-corrected chi connectivity index (χ3v) is 3.97. The van der Waals surface area contributed by atoms with Gasteiger partial charge in [0.05, 0.1) is 5.56 Å². The van der Waals surface area contributed by atoms with E-state index >= 15 is 0 Å². The average Bonchev–Trinajstić information content (AvgIpc) is 2.70. The SMILES string of the molecule is CC(C)(C)OC(=O)NCC(=O)NCc1ccc(NC(=O)c2ccc(C(F)(F)F)cc2)cc1. The summed E-state index contributed by atoms with van der Waals surface area (Å²) in [6, 6.07) is 10.4. The lowest BCUT2D eigenvalue weighted by Gasteiger charge is -2.19. The molecule has 0 heterocycles. The predicted octanol–water partition coefficient (Wildman–Crippen LogP) is 4.10. The van der Waals surface area contributed by atoms with Crippen molar-refractivity contribution in [2.75, 3.05) is 11.9 Å². The van der Waals surface area contributed by atoms with Crippen molar-refractivity contribution in [3.63, 3.8) is 0 Å². The molecule has 0 aliphatic heterocycles. The zero-order valence-corrected chi connectivity index (χ0v) is 17.8. The van der Waals surface area contributed by atoms with Crippen molar-refractivity contribution >= 4 is 23.6 Å². The standard InChI is InChI=1S/C22H24F3N3O4/c1-21(2,3)32-20(31)27-13-18(29)26-12-14-4-10-17(11-5-14)28-19(30)15-6-8-16(9-7-15)22(23,24)25/h4-11H,12-13H2,1-3H3,(H,26,29)(H,27,31)(H,28,30). The molecule has 32 heavy (non-hydrogen) atoms. The predicted molar refractivity (Wildman–Crippen MR) is 112 cm³/mol. The highest BCUT2D eigenvalue weighted by Gasteiger charge is 2.30. The Hall–Kier alpha value is -3.56. The first-order chi connectivity index (χ1) is 14.8. The van der Waals surface area contributed by atoms with Crippen molar-refractivity contribution in [2.24, 2.45) is 0 Å². The molecule has 172 valence electrons. The quantitative estimate of drug-likeness (QED) is 0.616. The van der Waals surface area contributed by atoms with Crippen LogP contribution in [-0.4, -0.2) is 30.1 Å². The minimum Gasteiger partial charge on any atom is -0.444 e. The van der Waals surface area contributed by atoms with Crippen molar-refractivity contribution in [3.05, 3.63) is 65.2 Å². The second-order valence-corrected chi connectivity index (χ2v) is 7.86. The van der Waals surface area contributed by atoms with Crippen LogP contribution in [0.2, 0.25) is 0 Å². The third kappa shape index (κ3) is 8.29. The van der Waals surface area contributed by atoms with Crippen molar-refractivity contribution in [2.45, 2.75) is 39.1 Å². The highest BCUT2D eigenvalue weighted by Crippen LogP contribution is 2.29. The van der Waals surface area contributed by atoms with E-state index in [4.69, 9.17) is 4.74 Å². The molecule has 0 bridgehead atoms. The molecule has 0 aliphatic carbocycles. The number of ether oxygens (including phenoxy) is 1. The van der Waals surface area contributed by atoms with Gasteiger partial charge in [0.25, 0.3) is 5.91 Å². The molecule has 0 radical (unpaired) electrons. The molecule has 0 spiro atoms. The number of anilines is 1. The molecular weight excluding hydrogens is 427 g/mol. The highest BCUT2D eigenvalue weighted by atomic mass is 19.4. The van der Waals surface area contributed by atoms with Crippen LogP contribution in [0.5, 0.6) is 0 Å². The number of carbonyl (C=O) groups excluding carboxylic acids is 3. The van der Waals surface area contributed by atoms with Crippen molar-refractivity contribution in [1.29, 1.82) is 0 Å². The van der Waals surface area contributed by atoms with Gasteiger partial charge in [0.2, 0.25) is 5.91 Å². The Morgan fingerprint density at radius 2 is 1.47 bits per heavy atom. The molecule has 3 N–H and O–H groups in total. The van der Waals surface area contributed by atoms with Gasteiger partial charge in [-0.15, -0.1) is 0 Å². The molecule has 2 aromatic rings. The van der Waals surface area contributed by atoms with Gasteiger partial charge in [-0.2, -0.15) is 13.2 Å². The zero-order valence-electron chi connectivity index (χ0n) is 17.8. The number of halogens is 3. The molecule has 2 aromatic carbocycles. The van der Waals surface area contributed by atoms with Crippen molar-refractivity contribution < 1.29 is 32.3 Å². The Kier molecular flexibility index (Phi) is 7.85. The second kappa shape index (κ2) is 10.2. The Labute approximate surface area is 183 Å². The maximum Gasteiger partial charge on any atom is 0.416 e. The molecule has 3 amide bonds. The summed E-state index contributed by atoms with van der Waals surface area (Å²) in [6.07, 6.45) is -5.16. The maximum absolute atomic E-state index is 12.6. The highest BCUT2D eigenvalue weighted by molar-refractivity contribution is 6.04. The summed E-state index contributed by atoms with van der Waals surface area (Å²) >= 11 is 0.